The quantitative estimate of drug-likeness (QED) is 0.622. The molecule has 5 nitrogen and oxygen atoms in total. The summed E-state index contributed by atoms with van der Waals surface area (Å²) in [6.07, 6.45) is 3.36. The highest BCUT2D eigenvalue weighted by Crippen LogP contribution is 2.25. The number of fused-ring (bicyclic) bond motifs is 1. The Hall–Kier alpha value is -3.47. The normalized spacial score (nSPS) is 12.0. The van der Waals surface area contributed by atoms with E-state index in [4.69, 9.17) is 0 Å². The minimum Gasteiger partial charge on any atom is -0.314 e. The number of rotatable bonds is 4. The first-order chi connectivity index (χ1) is 12.3. The van der Waals surface area contributed by atoms with E-state index in [-0.39, 0.29) is 5.91 Å². The zero-order chi connectivity index (χ0) is 17.1. The van der Waals surface area contributed by atoms with Crippen LogP contribution in [0.25, 0.3) is 11.0 Å². The number of aromatic nitrogens is 3. The molecule has 0 bridgehead atoms. The van der Waals surface area contributed by atoms with Crippen molar-refractivity contribution in [3.63, 3.8) is 0 Å². The topological polar surface area (TPSA) is 59.8 Å². The molecule has 0 aliphatic rings. The fourth-order valence-corrected chi connectivity index (χ4v) is 2.89. The van der Waals surface area contributed by atoms with Gasteiger partial charge < -0.3 is 9.88 Å². The molecule has 0 aliphatic carbocycles. The van der Waals surface area contributed by atoms with Gasteiger partial charge in [-0.25, -0.2) is 9.97 Å². The number of imidazole rings is 1. The lowest BCUT2D eigenvalue weighted by atomic mass is 10.1. The standard InChI is InChI=1S/C20H16N4O/c25-20(23-18-12-6-7-13-21-18)19(15-8-2-1-3-9-15)24-14-22-16-10-4-5-11-17(16)24/h1-14,19H,(H,21,23,25)/t19-/m0/s1. The molecule has 122 valence electrons. The summed E-state index contributed by atoms with van der Waals surface area (Å²) in [4.78, 5) is 21.7. The van der Waals surface area contributed by atoms with E-state index in [1.54, 1.807) is 18.6 Å². The molecule has 2 heterocycles. The van der Waals surface area contributed by atoms with Gasteiger partial charge in [-0.3, -0.25) is 4.79 Å². The molecule has 4 rings (SSSR count). The molecular weight excluding hydrogens is 312 g/mol. The lowest BCUT2D eigenvalue weighted by molar-refractivity contribution is -0.118. The lowest BCUT2D eigenvalue weighted by Crippen LogP contribution is -2.27. The van der Waals surface area contributed by atoms with Crippen LogP contribution in [0.15, 0.2) is 85.3 Å². The van der Waals surface area contributed by atoms with Gasteiger partial charge in [-0.15, -0.1) is 0 Å². The summed E-state index contributed by atoms with van der Waals surface area (Å²) in [6, 6.07) is 22.3. The molecule has 0 fully saturated rings. The number of para-hydroxylation sites is 2. The van der Waals surface area contributed by atoms with Crippen molar-refractivity contribution in [2.24, 2.45) is 0 Å². The maximum absolute atomic E-state index is 13.1. The van der Waals surface area contributed by atoms with Crippen molar-refractivity contribution >= 4 is 22.8 Å². The van der Waals surface area contributed by atoms with Crippen LogP contribution in [0.4, 0.5) is 5.82 Å². The number of benzene rings is 2. The fraction of sp³-hybridized carbons (Fsp3) is 0.0500. The zero-order valence-corrected chi connectivity index (χ0v) is 13.4. The van der Waals surface area contributed by atoms with Crippen LogP contribution in [0.1, 0.15) is 11.6 Å². The number of amides is 1. The van der Waals surface area contributed by atoms with Gasteiger partial charge in [-0.1, -0.05) is 48.5 Å². The zero-order valence-electron chi connectivity index (χ0n) is 13.4. The van der Waals surface area contributed by atoms with Gasteiger partial charge in [0.15, 0.2) is 0 Å². The largest absolute Gasteiger partial charge is 0.314 e. The van der Waals surface area contributed by atoms with Crippen LogP contribution in [-0.4, -0.2) is 20.4 Å². The second-order valence-corrected chi connectivity index (χ2v) is 5.66. The summed E-state index contributed by atoms with van der Waals surface area (Å²) >= 11 is 0. The molecule has 1 amide bonds. The van der Waals surface area contributed by atoms with E-state index in [0.717, 1.165) is 16.6 Å². The Balaban J connectivity index is 1.78. The maximum atomic E-state index is 13.1. The Kier molecular flexibility index (Phi) is 3.96. The minimum atomic E-state index is -0.532. The highest BCUT2D eigenvalue weighted by atomic mass is 16.2. The molecule has 5 heteroatoms. The predicted octanol–water partition coefficient (Wildman–Crippen LogP) is 3.66. The van der Waals surface area contributed by atoms with Crippen LogP contribution in [-0.2, 0) is 4.79 Å². The second-order valence-electron chi connectivity index (χ2n) is 5.66. The average Bonchev–Trinajstić information content (AvgIpc) is 3.08. The van der Waals surface area contributed by atoms with Gasteiger partial charge in [-0.05, 0) is 29.8 Å². The Labute approximate surface area is 145 Å². The van der Waals surface area contributed by atoms with Gasteiger partial charge in [0.1, 0.15) is 11.9 Å². The van der Waals surface area contributed by atoms with Crippen LogP contribution < -0.4 is 5.32 Å². The van der Waals surface area contributed by atoms with Crippen LogP contribution in [0.3, 0.4) is 0 Å². The highest BCUT2D eigenvalue weighted by molar-refractivity contribution is 5.96. The van der Waals surface area contributed by atoms with Gasteiger partial charge >= 0.3 is 0 Å². The van der Waals surface area contributed by atoms with Gasteiger partial charge in [0.05, 0.1) is 17.4 Å². The SMILES string of the molecule is O=C(Nc1ccccn1)[C@H](c1ccccc1)n1cnc2ccccc21. The molecule has 1 N–H and O–H groups in total. The minimum absolute atomic E-state index is 0.159. The number of nitrogens with one attached hydrogen (secondary N) is 1. The van der Waals surface area contributed by atoms with Crippen LogP contribution in [0.5, 0.6) is 0 Å². The van der Waals surface area contributed by atoms with Crippen molar-refractivity contribution < 1.29 is 4.79 Å². The van der Waals surface area contributed by atoms with Crippen LogP contribution in [0, 0.1) is 0 Å². The van der Waals surface area contributed by atoms with Crippen molar-refractivity contribution in [2.45, 2.75) is 6.04 Å². The Morgan fingerprint density at radius 2 is 1.64 bits per heavy atom. The first-order valence-electron chi connectivity index (χ1n) is 8.01. The molecule has 0 saturated heterocycles. The van der Waals surface area contributed by atoms with E-state index in [1.807, 2.05) is 71.3 Å². The number of anilines is 1. The first-order valence-corrected chi connectivity index (χ1v) is 8.01. The smallest absolute Gasteiger partial charge is 0.253 e. The van der Waals surface area contributed by atoms with Crippen molar-refractivity contribution in [1.29, 1.82) is 0 Å². The molecule has 4 aromatic rings. The summed E-state index contributed by atoms with van der Waals surface area (Å²) in [5.41, 5.74) is 2.65. The number of hydrogen-bond acceptors (Lipinski definition) is 3. The molecule has 0 unspecified atom stereocenters. The summed E-state index contributed by atoms with van der Waals surface area (Å²) < 4.78 is 1.89. The molecule has 0 aliphatic heterocycles. The molecule has 25 heavy (non-hydrogen) atoms. The third-order valence-electron chi connectivity index (χ3n) is 4.04. The van der Waals surface area contributed by atoms with Crippen LogP contribution >= 0.6 is 0 Å². The molecular formula is C20H16N4O. The monoisotopic (exact) mass is 328 g/mol. The Bertz CT molecular complexity index is 996. The predicted molar refractivity (Wildman–Crippen MR) is 97.2 cm³/mol. The Morgan fingerprint density at radius 1 is 0.880 bits per heavy atom. The van der Waals surface area contributed by atoms with E-state index in [9.17, 15) is 4.79 Å². The van der Waals surface area contributed by atoms with E-state index in [1.165, 1.54) is 0 Å². The summed E-state index contributed by atoms with van der Waals surface area (Å²) in [5.74, 6) is 0.367. The van der Waals surface area contributed by atoms with Gasteiger partial charge in [0.2, 0.25) is 0 Å². The molecule has 2 aromatic heterocycles. The van der Waals surface area contributed by atoms with Crippen LogP contribution in [0.2, 0.25) is 0 Å². The van der Waals surface area contributed by atoms with Gasteiger partial charge in [0, 0.05) is 6.20 Å². The third-order valence-corrected chi connectivity index (χ3v) is 4.04. The van der Waals surface area contributed by atoms with Crippen molar-refractivity contribution in [3.05, 3.63) is 90.9 Å². The van der Waals surface area contributed by atoms with Crippen molar-refractivity contribution in [2.75, 3.05) is 5.32 Å². The molecule has 2 aromatic carbocycles. The highest BCUT2D eigenvalue weighted by Gasteiger charge is 2.24. The van der Waals surface area contributed by atoms with E-state index in [0.29, 0.717) is 5.82 Å². The molecule has 0 saturated carbocycles. The van der Waals surface area contributed by atoms with Crippen molar-refractivity contribution in [1.82, 2.24) is 14.5 Å². The maximum Gasteiger partial charge on any atom is 0.253 e. The number of nitrogens with zero attached hydrogens (tertiary/aromatic N) is 3. The van der Waals surface area contributed by atoms with E-state index < -0.39 is 6.04 Å². The van der Waals surface area contributed by atoms with Gasteiger partial charge in [0.25, 0.3) is 5.91 Å². The van der Waals surface area contributed by atoms with Gasteiger partial charge in [-0.2, -0.15) is 0 Å². The first kappa shape index (κ1) is 15.1. The fourth-order valence-electron chi connectivity index (χ4n) is 2.89. The van der Waals surface area contributed by atoms with E-state index >= 15 is 0 Å². The summed E-state index contributed by atoms with van der Waals surface area (Å²) in [7, 11) is 0. The summed E-state index contributed by atoms with van der Waals surface area (Å²) in [5, 5.41) is 2.89. The molecule has 0 spiro atoms. The summed E-state index contributed by atoms with van der Waals surface area (Å²) in [6.45, 7) is 0. The van der Waals surface area contributed by atoms with Crippen molar-refractivity contribution in [3.8, 4) is 0 Å². The average molecular weight is 328 g/mol. The third kappa shape index (κ3) is 2.99. The number of carbonyl (C=O) groups excluding carboxylic acids is 1. The second kappa shape index (κ2) is 6.57. The Morgan fingerprint density at radius 3 is 2.44 bits per heavy atom. The molecule has 0 radical (unpaired) electrons. The van der Waals surface area contributed by atoms with E-state index in [2.05, 4.69) is 15.3 Å². The number of pyridine rings is 1. The number of carbonyl (C=O) groups is 1. The number of hydrogen-bond donors (Lipinski definition) is 1. The molecule has 1 atom stereocenters. The lowest BCUT2D eigenvalue weighted by Gasteiger charge is -2.19.